The number of benzene rings is 2. The predicted molar refractivity (Wildman–Crippen MR) is 119 cm³/mol. The van der Waals surface area contributed by atoms with Gasteiger partial charge in [0.2, 0.25) is 11.8 Å². The lowest BCUT2D eigenvalue weighted by Gasteiger charge is -2.36. The van der Waals surface area contributed by atoms with Gasteiger partial charge in [-0.1, -0.05) is 18.2 Å². The third-order valence-electron chi connectivity index (χ3n) is 6.05. The first-order valence-electron chi connectivity index (χ1n) is 10.7. The van der Waals surface area contributed by atoms with Crippen LogP contribution in [0.2, 0.25) is 0 Å². The molecule has 4 rings (SSSR count). The molecule has 2 heterocycles. The Kier molecular flexibility index (Phi) is 6.30. The first-order chi connectivity index (χ1) is 15.5. The molecule has 3 amide bonds. The summed E-state index contributed by atoms with van der Waals surface area (Å²) in [6.45, 7) is 2.19. The van der Waals surface area contributed by atoms with Gasteiger partial charge in [-0.15, -0.1) is 0 Å². The van der Waals surface area contributed by atoms with Crippen molar-refractivity contribution in [3.8, 4) is 11.5 Å². The van der Waals surface area contributed by atoms with Crippen LogP contribution in [0.4, 0.5) is 5.69 Å². The fraction of sp³-hybridized carbons (Fsp3) is 0.375. The Hall–Kier alpha value is -3.55. The zero-order chi connectivity index (χ0) is 22.7. The highest BCUT2D eigenvalue weighted by molar-refractivity contribution is 6.00. The molecule has 8 nitrogen and oxygen atoms in total. The van der Waals surface area contributed by atoms with Crippen LogP contribution >= 0.6 is 0 Å². The number of carbonyl (C=O) groups is 3. The van der Waals surface area contributed by atoms with Gasteiger partial charge in [0.15, 0.2) is 11.5 Å². The van der Waals surface area contributed by atoms with Crippen molar-refractivity contribution in [1.29, 1.82) is 0 Å². The van der Waals surface area contributed by atoms with Crippen LogP contribution in [0.15, 0.2) is 48.5 Å². The van der Waals surface area contributed by atoms with E-state index < -0.39 is 0 Å². The summed E-state index contributed by atoms with van der Waals surface area (Å²) in [6.07, 6.45) is 0.221. The zero-order valence-electron chi connectivity index (χ0n) is 18.3. The maximum absolute atomic E-state index is 13.0. The van der Waals surface area contributed by atoms with Crippen LogP contribution < -0.4 is 14.4 Å². The normalized spacial score (nSPS) is 18.6. The van der Waals surface area contributed by atoms with Gasteiger partial charge in [0.05, 0.1) is 20.1 Å². The molecule has 0 radical (unpaired) electrons. The van der Waals surface area contributed by atoms with E-state index in [1.807, 2.05) is 30.3 Å². The summed E-state index contributed by atoms with van der Waals surface area (Å²) in [5, 5.41) is 0. The van der Waals surface area contributed by atoms with Crippen molar-refractivity contribution < 1.29 is 23.9 Å². The average Bonchev–Trinajstić information content (AvgIpc) is 3.24. The number of piperazine rings is 1. The summed E-state index contributed by atoms with van der Waals surface area (Å²) >= 11 is 0. The summed E-state index contributed by atoms with van der Waals surface area (Å²) in [4.78, 5) is 43.6. The van der Waals surface area contributed by atoms with Crippen LogP contribution in [0.25, 0.3) is 0 Å². The van der Waals surface area contributed by atoms with Gasteiger partial charge in [0, 0.05) is 50.4 Å². The molecule has 2 aliphatic heterocycles. The summed E-state index contributed by atoms with van der Waals surface area (Å²) in [5.74, 6) is 0.558. The molecule has 1 atom stereocenters. The molecule has 0 spiro atoms. The highest BCUT2D eigenvalue weighted by Crippen LogP contribution is 2.29. The molecule has 2 aliphatic rings. The number of anilines is 1. The van der Waals surface area contributed by atoms with Crippen molar-refractivity contribution >= 4 is 23.4 Å². The van der Waals surface area contributed by atoms with Crippen LogP contribution in [0.5, 0.6) is 11.5 Å². The van der Waals surface area contributed by atoms with Gasteiger partial charge in [-0.25, -0.2) is 0 Å². The minimum Gasteiger partial charge on any atom is -0.493 e. The van der Waals surface area contributed by atoms with Crippen molar-refractivity contribution in [1.82, 2.24) is 9.80 Å². The van der Waals surface area contributed by atoms with E-state index in [9.17, 15) is 14.4 Å². The van der Waals surface area contributed by atoms with E-state index in [4.69, 9.17) is 9.47 Å². The number of amides is 3. The summed E-state index contributed by atoms with van der Waals surface area (Å²) in [7, 11) is 3.08. The van der Waals surface area contributed by atoms with Gasteiger partial charge < -0.3 is 24.2 Å². The first-order valence-corrected chi connectivity index (χ1v) is 10.7. The number of rotatable bonds is 5. The Labute approximate surface area is 187 Å². The third-order valence-corrected chi connectivity index (χ3v) is 6.05. The van der Waals surface area contributed by atoms with Crippen molar-refractivity contribution in [2.75, 3.05) is 51.8 Å². The highest BCUT2D eigenvalue weighted by Gasteiger charge is 2.38. The Balaban J connectivity index is 1.35. The highest BCUT2D eigenvalue weighted by atomic mass is 16.5. The molecule has 0 saturated carbocycles. The van der Waals surface area contributed by atoms with E-state index in [1.54, 1.807) is 40.0 Å². The fourth-order valence-corrected chi connectivity index (χ4v) is 4.27. The Morgan fingerprint density at radius 1 is 0.875 bits per heavy atom. The summed E-state index contributed by atoms with van der Waals surface area (Å²) < 4.78 is 10.5. The second-order valence-electron chi connectivity index (χ2n) is 7.93. The quantitative estimate of drug-likeness (QED) is 0.715. The predicted octanol–water partition coefficient (Wildman–Crippen LogP) is 2.04. The standard InChI is InChI=1S/C24H27N3O5/c1-31-20-9-8-17(14-21(20)32-2)23(29)25-10-12-26(13-11-25)24(30)18-15-22(28)27(16-18)19-6-4-3-5-7-19/h3-9,14,18H,10-13,15-16H2,1-2H3/t18-/m1/s1. The molecule has 0 unspecified atom stereocenters. The second kappa shape index (κ2) is 9.30. The van der Waals surface area contributed by atoms with Gasteiger partial charge >= 0.3 is 0 Å². The monoisotopic (exact) mass is 437 g/mol. The zero-order valence-corrected chi connectivity index (χ0v) is 18.3. The molecule has 2 fully saturated rings. The number of nitrogens with zero attached hydrogens (tertiary/aromatic N) is 3. The molecule has 2 aromatic carbocycles. The second-order valence-corrected chi connectivity index (χ2v) is 7.93. The molecule has 0 aromatic heterocycles. The van der Waals surface area contributed by atoms with E-state index in [0.717, 1.165) is 5.69 Å². The van der Waals surface area contributed by atoms with Crippen LogP contribution in [0.3, 0.4) is 0 Å². The van der Waals surface area contributed by atoms with Crippen molar-refractivity contribution in [2.24, 2.45) is 5.92 Å². The van der Waals surface area contributed by atoms with Gasteiger partial charge in [-0.2, -0.15) is 0 Å². The maximum Gasteiger partial charge on any atom is 0.254 e. The van der Waals surface area contributed by atoms with Gasteiger partial charge in [-0.3, -0.25) is 14.4 Å². The summed E-state index contributed by atoms with van der Waals surface area (Å²) in [5.41, 5.74) is 1.33. The number of ether oxygens (including phenoxy) is 2. The molecule has 0 bridgehead atoms. The molecular formula is C24H27N3O5. The Morgan fingerprint density at radius 2 is 1.53 bits per heavy atom. The average molecular weight is 437 g/mol. The van der Waals surface area contributed by atoms with Crippen LogP contribution in [0, 0.1) is 5.92 Å². The van der Waals surface area contributed by atoms with E-state index in [1.165, 1.54) is 7.11 Å². The van der Waals surface area contributed by atoms with Crippen molar-refractivity contribution in [3.05, 3.63) is 54.1 Å². The molecule has 0 aliphatic carbocycles. The van der Waals surface area contributed by atoms with E-state index in [-0.39, 0.29) is 30.1 Å². The molecule has 2 saturated heterocycles. The molecule has 32 heavy (non-hydrogen) atoms. The minimum absolute atomic E-state index is 0.0185. The van der Waals surface area contributed by atoms with Gasteiger partial charge in [0.25, 0.3) is 5.91 Å². The third kappa shape index (κ3) is 4.26. The topological polar surface area (TPSA) is 79.4 Å². The van der Waals surface area contributed by atoms with E-state index in [2.05, 4.69) is 0 Å². The van der Waals surface area contributed by atoms with Crippen LogP contribution in [0.1, 0.15) is 16.8 Å². The first kappa shape index (κ1) is 21.7. The number of carbonyl (C=O) groups excluding carboxylic acids is 3. The van der Waals surface area contributed by atoms with E-state index in [0.29, 0.717) is 49.8 Å². The number of methoxy groups -OCH3 is 2. The smallest absolute Gasteiger partial charge is 0.254 e. The lowest BCUT2D eigenvalue weighted by Crippen LogP contribution is -2.52. The summed E-state index contributed by atoms with van der Waals surface area (Å²) in [6, 6.07) is 14.5. The lowest BCUT2D eigenvalue weighted by atomic mass is 10.1. The number of hydrogen-bond acceptors (Lipinski definition) is 5. The van der Waals surface area contributed by atoms with Crippen LogP contribution in [-0.4, -0.2) is 74.5 Å². The lowest BCUT2D eigenvalue weighted by molar-refractivity contribution is -0.137. The fourth-order valence-electron chi connectivity index (χ4n) is 4.27. The minimum atomic E-state index is -0.351. The van der Waals surface area contributed by atoms with Gasteiger partial charge in [-0.05, 0) is 30.3 Å². The Bertz CT molecular complexity index is 1000. The Morgan fingerprint density at radius 3 is 2.19 bits per heavy atom. The molecule has 8 heteroatoms. The maximum atomic E-state index is 13.0. The van der Waals surface area contributed by atoms with Crippen LogP contribution in [-0.2, 0) is 9.59 Å². The number of hydrogen-bond donors (Lipinski definition) is 0. The molecule has 168 valence electrons. The van der Waals surface area contributed by atoms with E-state index >= 15 is 0 Å². The molecule has 0 N–H and O–H groups in total. The molecule has 2 aromatic rings. The number of para-hydroxylation sites is 1. The van der Waals surface area contributed by atoms with Gasteiger partial charge in [0.1, 0.15) is 0 Å². The molecular weight excluding hydrogens is 410 g/mol. The van der Waals surface area contributed by atoms with Crippen molar-refractivity contribution in [3.63, 3.8) is 0 Å². The largest absolute Gasteiger partial charge is 0.493 e. The SMILES string of the molecule is COc1ccc(C(=O)N2CCN(C(=O)[C@@H]3CC(=O)N(c4ccccc4)C3)CC2)cc1OC. The van der Waals surface area contributed by atoms with Crippen molar-refractivity contribution in [2.45, 2.75) is 6.42 Å².